The van der Waals surface area contributed by atoms with E-state index in [-0.39, 0.29) is 10.8 Å². The molecule has 0 saturated heterocycles. The van der Waals surface area contributed by atoms with E-state index in [4.69, 9.17) is 4.74 Å². The van der Waals surface area contributed by atoms with Gasteiger partial charge in [0.15, 0.2) is 5.82 Å². The molecule has 1 amide bonds. The van der Waals surface area contributed by atoms with Gasteiger partial charge in [-0.3, -0.25) is 9.52 Å². The summed E-state index contributed by atoms with van der Waals surface area (Å²) in [4.78, 5) is 11.6. The summed E-state index contributed by atoms with van der Waals surface area (Å²) in [6, 6.07) is 16.5. The topological polar surface area (TPSA) is 128 Å². The van der Waals surface area contributed by atoms with E-state index in [2.05, 4.69) is 25.3 Å². The van der Waals surface area contributed by atoms with Gasteiger partial charge in [0.25, 0.3) is 10.0 Å². The minimum absolute atomic E-state index is 0.0708. The van der Waals surface area contributed by atoms with Crippen molar-refractivity contribution in [3.8, 4) is 17.4 Å². The van der Waals surface area contributed by atoms with Crippen LogP contribution in [-0.4, -0.2) is 34.3 Å². The Balaban J connectivity index is 1.26. The third-order valence-electron chi connectivity index (χ3n) is 5.46. The minimum Gasteiger partial charge on any atom is -0.438 e. The van der Waals surface area contributed by atoms with Crippen LogP contribution in [0, 0.1) is 13.8 Å². The summed E-state index contributed by atoms with van der Waals surface area (Å²) in [5.74, 6) is 1.28. The third kappa shape index (κ3) is 4.85. The van der Waals surface area contributed by atoms with E-state index < -0.39 is 10.0 Å². The molecule has 0 atom stereocenters. The zero-order chi connectivity index (χ0) is 24.6. The fourth-order valence-electron chi connectivity index (χ4n) is 3.79. The number of amides is 1. The van der Waals surface area contributed by atoms with E-state index in [9.17, 15) is 13.2 Å². The lowest BCUT2D eigenvalue weighted by atomic mass is 10.0. The maximum absolute atomic E-state index is 12.8. The summed E-state index contributed by atoms with van der Waals surface area (Å²) < 4.78 is 35.7. The molecular formula is C24H22N6O4S. The van der Waals surface area contributed by atoms with Crippen molar-refractivity contribution in [3.05, 3.63) is 77.6 Å². The number of sulfonamides is 1. The number of ether oxygens (including phenoxy) is 1. The third-order valence-corrected chi connectivity index (χ3v) is 6.84. The van der Waals surface area contributed by atoms with Crippen molar-refractivity contribution in [2.75, 3.05) is 10.0 Å². The molecule has 0 saturated carbocycles. The van der Waals surface area contributed by atoms with E-state index in [1.807, 2.05) is 19.9 Å². The molecule has 11 heteroatoms. The molecule has 0 spiro atoms. The highest BCUT2D eigenvalue weighted by atomic mass is 32.2. The van der Waals surface area contributed by atoms with E-state index in [0.717, 1.165) is 17.0 Å². The predicted molar refractivity (Wildman–Crippen MR) is 129 cm³/mol. The Labute approximate surface area is 202 Å². The molecule has 35 heavy (non-hydrogen) atoms. The molecule has 10 nitrogen and oxygen atoms in total. The van der Waals surface area contributed by atoms with Crippen LogP contribution in [0.25, 0.3) is 5.82 Å². The zero-order valence-corrected chi connectivity index (χ0v) is 19.8. The van der Waals surface area contributed by atoms with Gasteiger partial charge in [-0.1, -0.05) is 0 Å². The number of hydrogen-bond acceptors (Lipinski definition) is 7. The van der Waals surface area contributed by atoms with Crippen molar-refractivity contribution in [1.82, 2.24) is 20.0 Å². The lowest BCUT2D eigenvalue weighted by Crippen LogP contribution is -2.20. The van der Waals surface area contributed by atoms with Gasteiger partial charge in [0.05, 0.1) is 10.6 Å². The average molecular weight is 491 g/mol. The predicted octanol–water partition coefficient (Wildman–Crippen LogP) is 3.76. The lowest BCUT2D eigenvalue weighted by molar-refractivity contribution is -0.116. The first kappa shape index (κ1) is 22.5. The van der Waals surface area contributed by atoms with Gasteiger partial charge in [0, 0.05) is 29.6 Å². The van der Waals surface area contributed by atoms with Crippen molar-refractivity contribution >= 4 is 27.3 Å². The number of anilines is 2. The minimum atomic E-state index is -3.80. The number of fused-ring (bicyclic) bond motifs is 1. The number of aryl methyl sites for hydroxylation is 3. The smallest absolute Gasteiger partial charge is 0.261 e. The molecule has 4 aromatic rings. The Morgan fingerprint density at radius 3 is 2.46 bits per heavy atom. The van der Waals surface area contributed by atoms with Gasteiger partial charge in [-0.05, 0) is 80.4 Å². The summed E-state index contributed by atoms with van der Waals surface area (Å²) in [7, 11) is -3.80. The molecular weight excluding hydrogens is 468 g/mol. The largest absolute Gasteiger partial charge is 0.438 e. The average Bonchev–Trinajstić information content (AvgIpc) is 3.18. The first-order valence-corrected chi connectivity index (χ1v) is 12.4. The van der Waals surface area contributed by atoms with Crippen molar-refractivity contribution in [2.45, 2.75) is 31.6 Å². The highest BCUT2D eigenvalue weighted by Crippen LogP contribution is 2.27. The summed E-state index contributed by atoms with van der Waals surface area (Å²) in [5.41, 5.74) is 3.66. The van der Waals surface area contributed by atoms with Crippen LogP contribution in [-0.2, 0) is 21.2 Å². The number of hydrogen-bond donors (Lipinski definition) is 2. The van der Waals surface area contributed by atoms with Gasteiger partial charge in [-0.2, -0.15) is 5.10 Å². The summed E-state index contributed by atoms with van der Waals surface area (Å²) in [6.07, 6.45) is 0.836. The normalized spacial score (nSPS) is 13.1. The van der Waals surface area contributed by atoms with Gasteiger partial charge in [-0.25, -0.2) is 13.1 Å². The first-order chi connectivity index (χ1) is 16.8. The van der Waals surface area contributed by atoms with Crippen molar-refractivity contribution in [3.63, 3.8) is 0 Å². The van der Waals surface area contributed by atoms with Crippen LogP contribution in [0.4, 0.5) is 11.4 Å². The standard InChI is InChI=1S/C24H22N6O4S/c1-15-13-16(2)30(28-15)22-10-12-24(27-26-22)34-19-6-4-18(5-7-19)29-35(32,33)20-8-9-21-17(14-20)3-11-23(31)25-21/h4-10,12-14,29H,3,11H2,1-2H3,(H,25,31). The highest BCUT2D eigenvalue weighted by molar-refractivity contribution is 7.92. The molecule has 3 heterocycles. The molecule has 0 fully saturated rings. The maximum Gasteiger partial charge on any atom is 0.261 e. The molecule has 178 valence electrons. The Bertz CT molecular complexity index is 1510. The summed E-state index contributed by atoms with van der Waals surface area (Å²) in [6.45, 7) is 3.85. The van der Waals surface area contributed by atoms with Gasteiger partial charge in [-0.15, -0.1) is 10.2 Å². The summed E-state index contributed by atoms with van der Waals surface area (Å²) in [5, 5.41) is 15.4. The van der Waals surface area contributed by atoms with Crippen LogP contribution < -0.4 is 14.8 Å². The van der Waals surface area contributed by atoms with Crippen molar-refractivity contribution in [2.24, 2.45) is 0 Å². The molecule has 2 aromatic heterocycles. The van der Waals surface area contributed by atoms with Gasteiger partial charge < -0.3 is 10.1 Å². The van der Waals surface area contributed by atoms with Crippen LogP contribution in [0.2, 0.25) is 0 Å². The molecule has 0 radical (unpaired) electrons. The van der Waals surface area contributed by atoms with Crippen molar-refractivity contribution in [1.29, 1.82) is 0 Å². The molecule has 1 aliphatic rings. The molecule has 2 aromatic carbocycles. The number of carbonyl (C=O) groups excluding carboxylic acids is 1. The molecule has 1 aliphatic heterocycles. The van der Waals surface area contributed by atoms with Crippen LogP contribution in [0.3, 0.4) is 0 Å². The van der Waals surface area contributed by atoms with Gasteiger partial charge >= 0.3 is 0 Å². The van der Waals surface area contributed by atoms with Crippen molar-refractivity contribution < 1.29 is 17.9 Å². The molecule has 0 bridgehead atoms. The van der Waals surface area contributed by atoms with Gasteiger partial charge in [0.2, 0.25) is 11.8 Å². The van der Waals surface area contributed by atoms with Crippen LogP contribution in [0.15, 0.2) is 65.6 Å². The second kappa shape index (κ2) is 8.84. The zero-order valence-electron chi connectivity index (χ0n) is 19.0. The fraction of sp³-hybridized carbons (Fsp3) is 0.167. The Kier molecular flexibility index (Phi) is 5.69. The number of carbonyl (C=O) groups is 1. The Morgan fingerprint density at radius 2 is 1.77 bits per heavy atom. The number of nitrogens with one attached hydrogen (secondary N) is 2. The Morgan fingerprint density at radius 1 is 0.971 bits per heavy atom. The number of benzene rings is 2. The maximum atomic E-state index is 12.8. The molecule has 0 aliphatic carbocycles. The van der Waals surface area contributed by atoms with Crippen LogP contribution in [0.5, 0.6) is 11.6 Å². The van der Waals surface area contributed by atoms with E-state index >= 15 is 0 Å². The fourth-order valence-corrected chi connectivity index (χ4v) is 4.90. The van der Waals surface area contributed by atoms with E-state index in [0.29, 0.717) is 41.7 Å². The SMILES string of the molecule is Cc1cc(C)n(-c2ccc(Oc3ccc(NS(=O)(=O)c4ccc5c(c4)CCC(=O)N5)cc3)nn2)n1. The van der Waals surface area contributed by atoms with E-state index in [1.54, 1.807) is 53.2 Å². The second-order valence-corrected chi connectivity index (χ2v) is 9.85. The molecule has 2 N–H and O–H groups in total. The number of nitrogens with zero attached hydrogens (tertiary/aromatic N) is 4. The molecule has 5 rings (SSSR count). The number of rotatable bonds is 6. The summed E-state index contributed by atoms with van der Waals surface area (Å²) >= 11 is 0. The molecule has 0 unspecified atom stereocenters. The van der Waals surface area contributed by atoms with Crippen LogP contribution in [0.1, 0.15) is 23.4 Å². The monoisotopic (exact) mass is 490 g/mol. The van der Waals surface area contributed by atoms with E-state index in [1.165, 1.54) is 6.07 Å². The highest BCUT2D eigenvalue weighted by Gasteiger charge is 2.20. The quantitative estimate of drug-likeness (QED) is 0.421. The Hall–Kier alpha value is -4.25. The van der Waals surface area contributed by atoms with Gasteiger partial charge in [0.1, 0.15) is 5.75 Å². The first-order valence-electron chi connectivity index (χ1n) is 10.9. The number of aromatic nitrogens is 4. The van der Waals surface area contributed by atoms with Crippen LogP contribution >= 0.6 is 0 Å². The lowest BCUT2D eigenvalue weighted by Gasteiger charge is -2.18. The second-order valence-electron chi connectivity index (χ2n) is 8.17.